The van der Waals surface area contributed by atoms with Crippen molar-refractivity contribution in [2.45, 2.75) is 11.8 Å². The second-order valence-electron chi connectivity index (χ2n) is 5.55. The maximum absolute atomic E-state index is 13.0. The SMILES string of the molecule is Cc1ccc(S(=O)(=O)n2ncc3ccc(-c4ncsc4Br)cc32)cc1. The van der Waals surface area contributed by atoms with Gasteiger partial charge in [-0.2, -0.15) is 17.6 Å². The van der Waals surface area contributed by atoms with Crippen molar-refractivity contribution in [2.75, 3.05) is 0 Å². The van der Waals surface area contributed by atoms with Crippen molar-refractivity contribution in [1.82, 2.24) is 14.2 Å². The summed E-state index contributed by atoms with van der Waals surface area (Å²) >= 11 is 4.95. The van der Waals surface area contributed by atoms with Gasteiger partial charge >= 0.3 is 0 Å². The maximum atomic E-state index is 13.0. The second-order valence-corrected chi connectivity index (χ2v) is 9.49. The van der Waals surface area contributed by atoms with Crippen LogP contribution in [0.25, 0.3) is 22.2 Å². The molecular weight excluding hydrogens is 422 g/mol. The van der Waals surface area contributed by atoms with Crippen LogP contribution in [-0.2, 0) is 10.0 Å². The highest BCUT2D eigenvalue weighted by Crippen LogP contribution is 2.32. The molecule has 0 spiro atoms. The smallest absolute Gasteiger partial charge is 0.243 e. The molecule has 2 aromatic carbocycles. The van der Waals surface area contributed by atoms with Gasteiger partial charge in [0.2, 0.25) is 0 Å². The van der Waals surface area contributed by atoms with Crippen LogP contribution in [0, 0.1) is 6.92 Å². The Bertz CT molecular complexity index is 1180. The normalized spacial score (nSPS) is 11.9. The summed E-state index contributed by atoms with van der Waals surface area (Å²) < 4.78 is 27.9. The molecule has 4 rings (SSSR count). The number of benzene rings is 2. The molecule has 25 heavy (non-hydrogen) atoms. The summed E-state index contributed by atoms with van der Waals surface area (Å²) in [6.45, 7) is 1.91. The highest BCUT2D eigenvalue weighted by atomic mass is 79.9. The molecule has 5 nitrogen and oxygen atoms in total. The summed E-state index contributed by atoms with van der Waals surface area (Å²) in [5, 5.41) is 4.87. The summed E-state index contributed by atoms with van der Waals surface area (Å²) in [5.74, 6) is 0. The molecule has 0 fully saturated rings. The number of aryl methyl sites for hydroxylation is 1. The van der Waals surface area contributed by atoms with Crippen LogP contribution in [0.2, 0.25) is 0 Å². The van der Waals surface area contributed by atoms with Crippen LogP contribution >= 0.6 is 27.3 Å². The summed E-state index contributed by atoms with van der Waals surface area (Å²) in [4.78, 5) is 4.54. The van der Waals surface area contributed by atoms with Gasteiger partial charge in [0.1, 0.15) is 0 Å². The lowest BCUT2D eigenvalue weighted by molar-refractivity contribution is 0.582. The van der Waals surface area contributed by atoms with Gasteiger partial charge in [-0.15, -0.1) is 11.3 Å². The molecule has 0 saturated heterocycles. The number of nitrogens with zero attached hydrogens (tertiary/aromatic N) is 3. The Morgan fingerprint density at radius 2 is 1.88 bits per heavy atom. The van der Waals surface area contributed by atoms with E-state index in [1.165, 1.54) is 11.3 Å². The minimum absolute atomic E-state index is 0.211. The van der Waals surface area contributed by atoms with E-state index in [4.69, 9.17) is 0 Å². The molecule has 2 heterocycles. The zero-order valence-corrected chi connectivity index (χ0v) is 16.3. The first kappa shape index (κ1) is 16.4. The van der Waals surface area contributed by atoms with E-state index in [2.05, 4.69) is 26.0 Å². The van der Waals surface area contributed by atoms with Crippen molar-refractivity contribution in [2.24, 2.45) is 0 Å². The number of hydrogen-bond donors (Lipinski definition) is 0. The molecule has 0 bridgehead atoms. The van der Waals surface area contributed by atoms with E-state index in [1.807, 2.05) is 19.1 Å². The Morgan fingerprint density at radius 1 is 1.12 bits per heavy atom. The lowest BCUT2D eigenvalue weighted by atomic mass is 10.1. The van der Waals surface area contributed by atoms with Crippen LogP contribution in [0.3, 0.4) is 0 Å². The Morgan fingerprint density at radius 3 is 2.56 bits per heavy atom. The van der Waals surface area contributed by atoms with E-state index in [0.29, 0.717) is 5.52 Å². The van der Waals surface area contributed by atoms with Crippen LogP contribution in [0.15, 0.2) is 62.9 Å². The molecule has 126 valence electrons. The highest BCUT2D eigenvalue weighted by molar-refractivity contribution is 9.11. The molecule has 0 aliphatic rings. The first-order valence-corrected chi connectivity index (χ1v) is 10.5. The molecule has 8 heteroatoms. The Kier molecular flexibility index (Phi) is 3.98. The molecule has 0 amide bonds. The highest BCUT2D eigenvalue weighted by Gasteiger charge is 2.21. The molecule has 0 saturated carbocycles. The first-order chi connectivity index (χ1) is 12.0. The van der Waals surface area contributed by atoms with Gasteiger partial charge in [-0.25, -0.2) is 4.98 Å². The van der Waals surface area contributed by atoms with E-state index in [1.54, 1.807) is 42.0 Å². The summed E-state index contributed by atoms with van der Waals surface area (Å²) in [6.07, 6.45) is 1.56. The number of halogens is 1. The zero-order chi connectivity index (χ0) is 17.6. The number of fused-ring (bicyclic) bond motifs is 1. The molecular formula is C17H12BrN3O2S2. The van der Waals surface area contributed by atoms with Crippen LogP contribution in [0.1, 0.15) is 5.56 Å². The minimum Gasteiger partial charge on any atom is -0.243 e. The van der Waals surface area contributed by atoms with Gasteiger partial charge < -0.3 is 0 Å². The van der Waals surface area contributed by atoms with Crippen LogP contribution < -0.4 is 0 Å². The van der Waals surface area contributed by atoms with E-state index >= 15 is 0 Å². The topological polar surface area (TPSA) is 64.8 Å². The fourth-order valence-electron chi connectivity index (χ4n) is 2.56. The van der Waals surface area contributed by atoms with Gasteiger partial charge in [-0.3, -0.25) is 0 Å². The van der Waals surface area contributed by atoms with Gasteiger partial charge in [0.05, 0.1) is 31.6 Å². The number of hydrogen-bond acceptors (Lipinski definition) is 5. The second kappa shape index (κ2) is 6.05. The fraction of sp³-hybridized carbons (Fsp3) is 0.0588. The van der Waals surface area contributed by atoms with Gasteiger partial charge in [0.15, 0.2) is 0 Å². The maximum Gasteiger partial charge on any atom is 0.283 e. The molecule has 4 aromatic rings. The summed E-state index contributed by atoms with van der Waals surface area (Å²) in [5.41, 5.74) is 4.89. The third-order valence-corrected chi connectivity index (χ3v) is 7.04. The largest absolute Gasteiger partial charge is 0.283 e. The van der Waals surface area contributed by atoms with Gasteiger partial charge in [-0.05, 0) is 41.1 Å². The molecule has 0 aliphatic heterocycles. The quantitative estimate of drug-likeness (QED) is 0.477. The van der Waals surface area contributed by atoms with Gasteiger partial charge in [0.25, 0.3) is 10.0 Å². The standard InChI is InChI=1S/C17H12BrN3O2S2/c1-11-2-6-14(7-3-11)25(22,23)21-15-8-12(4-5-13(15)9-20-21)16-17(18)24-10-19-16/h2-10H,1H3. The number of thiazole rings is 1. The van der Waals surface area contributed by atoms with E-state index in [-0.39, 0.29) is 4.90 Å². The third kappa shape index (κ3) is 2.80. The Hall–Kier alpha value is -2.03. The molecule has 0 N–H and O–H groups in total. The molecule has 0 unspecified atom stereocenters. The lowest BCUT2D eigenvalue weighted by Gasteiger charge is -2.07. The number of aromatic nitrogens is 3. The van der Waals surface area contributed by atoms with Crippen molar-refractivity contribution >= 4 is 48.2 Å². The van der Waals surface area contributed by atoms with Gasteiger partial charge in [0, 0.05) is 10.9 Å². The van der Waals surface area contributed by atoms with Crippen molar-refractivity contribution in [3.05, 3.63) is 63.5 Å². The van der Waals surface area contributed by atoms with Crippen molar-refractivity contribution in [3.8, 4) is 11.3 Å². The fourth-order valence-corrected chi connectivity index (χ4v) is 4.95. The first-order valence-electron chi connectivity index (χ1n) is 7.36. The predicted octanol–water partition coefficient (Wildman–Crippen LogP) is 4.47. The van der Waals surface area contributed by atoms with E-state index in [9.17, 15) is 8.42 Å². The third-order valence-electron chi connectivity index (χ3n) is 3.88. The van der Waals surface area contributed by atoms with Crippen LogP contribution in [-0.4, -0.2) is 22.6 Å². The molecule has 0 radical (unpaired) electrons. The van der Waals surface area contributed by atoms with Crippen molar-refractivity contribution in [3.63, 3.8) is 0 Å². The average Bonchev–Trinajstić information content (AvgIpc) is 3.20. The van der Waals surface area contributed by atoms with E-state index in [0.717, 1.165) is 30.1 Å². The van der Waals surface area contributed by atoms with Crippen molar-refractivity contribution < 1.29 is 8.42 Å². The lowest BCUT2D eigenvalue weighted by Crippen LogP contribution is -2.14. The zero-order valence-electron chi connectivity index (χ0n) is 13.0. The Labute approximate surface area is 157 Å². The monoisotopic (exact) mass is 433 g/mol. The van der Waals surface area contributed by atoms with Crippen LogP contribution in [0.4, 0.5) is 0 Å². The number of rotatable bonds is 3. The average molecular weight is 434 g/mol. The summed E-state index contributed by atoms with van der Waals surface area (Å²) in [7, 11) is -3.76. The molecule has 0 atom stereocenters. The Balaban J connectivity index is 1.90. The van der Waals surface area contributed by atoms with E-state index < -0.39 is 10.0 Å². The van der Waals surface area contributed by atoms with Crippen molar-refractivity contribution in [1.29, 1.82) is 0 Å². The predicted molar refractivity (Wildman–Crippen MR) is 102 cm³/mol. The molecule has 0 aliphatic carbocycles. The minimum atomic E-state index is -3.76. The summed E-state index contributed by atoms with van der Waals surface area (Å²) in [6, 6.07) is 12.3. The van der Waals surface area contributed by atoms with Gasteiger partial charge in [-0.1, -0.05) is 29.8 Å². The molecule has 2 aromatic heterocycles. The van der Waals surface area contributed by atoms with Crippen LogP contribution in [0.5, 0.6) is 0 Å².